The maximum absolute atomic E-state index is 12.8. The molecule has 0 saturated carbocycles. The van der Waals surface area contributed by atoms with Crippen LogP contribution in [0.15, 0.2) is 34.8 Å². The van der Waals surface area contributed by atoms with Gasteiger partial charge in [-0.05, 0) is 24.1 Å². The molecule has 2 amide bonds. The molecule has 0 aliphatic carbocycles. The number of carbonyl (C=O) groups excluding carboxylic acids is 2. The van der Waals surface area contributed by atoms with E-state index in [4.69, 9.17) is 0 Å². The van der Waals surface area contributed by atoms with E-state index in [1.807, 2.05) is 0 Å². The molecule has 0 bridgehead atoms. The van der Waals surface area contributed by atoms with Crippen molar-refractivity contribution < 1.29 is 18.8 Å². The van der Waals surface area contributed by atoms with Crippen LogP contribution in [0.25, 0.3) is 0 Å². The fourth-order valence-electron chi connectivity index (χ4n) is 1.85. The standard InChI is InChI=1S/C15H15FN4O3S/c1-23-20-13(12-8-24-15(19-12)18-9-21)14(22)17-7-6-10-2-4-11(16)5-3-10/h2-5,8-9H,6-7H2,1H3,(H,17,22)(H,18,19,21)/b20-13+. The lowest BCUT2D eigenvalue weighted by Crippen LogP contribution is -2.33. The molecule has 0 spiro atoms. The van der Waals surface area contributed by atoms with Crippen molar-refractivity contribution in [2.24, 2.45) is 5.16 Å². The van der Waals surface area contributed by atoms with Gasteiger partial charge < -0.3 is 15.5 Å². The summed E-state index contributed by atoms with van der Waals surface area (Å²) < 4.78 is 12.8. The van der Waals surface area contributed by atoms with Gasteiger partial charge in [-0.1, -0.05) is 17.3 Å². The molecule has 0 saturated heterocycles. The van der Waals surface area contributed by atoms with Crippen molar-refractivity contribution in [1.82, 2.24) is 10.3 Å². The number of thiazole rings is 1. The number of aromatic nitrogens is 1. The molecule has 0 atom stereocenters. The third-order valence-corrected chi connectivity index (χ3v) is 3.71. The van der Waals surface area contributed by atoms with Crippen LogP contribution in [0, 0.1) is 5.82 Å². The highest BCUT2D eigenvalue weighted by Crippen LogP contribution is 2.15. The summed E-state index contributed by atoms with van der Waals surface area (Å²) in [5, 5.41) is 10.7. The fourth-order valence-corrected chi connectivity index (χ4v) is 2.50. The van der Waals surface area contributed by atoms with Crippen molar-refractivity contribution >= 4 is 34.5 Å². The lowest BCUT2D eigenvalue weighted by atomic mass is 10.1. The lowest BCUT2D eigenvalue weighted by molar-refractivity contribution is -0.114. The number of halogens is 1. The van der Waals surface area contributed by atoms with Gasteiger partial charge >= 0.3 is 0 Å². The quantitative estimate of drug-likeness (QED) is 0.429. The Hall–Kier alpha value is -2.81. The van der Waals surface area contributed by atoms with Crippen LogP contribution < -0.4 is 10.6 Å². The highest BCUT2D eigenvalue weighted by Gasteiger charge is 2.18. The normalized spacial score (nSPS) is 11.0. The summed E-state index contributed by atoms with van der Waals surface area (Å²) in [5.74, 6) is -0.762. The molecular weight excluding hydrogens is 335 g/mol. The van der Waals surface area contributed by atoms with Gasteiger partial charge in [0.25, 0.3) is 5.91 Å². The average molecular weight is 350 g/mol. The first-order chi connectivity index (χ1) is 11.6. The fraction of sp³-hybridized carbons (Fsp3) is 0.200. The maximum atomic E-state index is 12.8. The number of hydrogen-bond acceptors (Lipinski definition) is 6. The van der Waals surface area contributed by atoms with Crippen LogP contribution in [0.2, 0.25) is 0 Å². The van der Waals surface area contributed by atoms with E-state index in [0.29, 0.717) is 30.2 Å². The third kappa shape index (κ3) is 4.85. The van der Waals surface area contributed by atoms with Crippen LogP contribution in [0.4, 0.5) is 9.52 Å². The summed E-state index contributed by atoms with van der Waals surface area (Å²) in [7, 11) is 1.32. The molecule has 2 N–H and O–H groups in total. The van der Waals surface area contributed by atoms with Crippen LogP contribution in [-0.4, -0.2) is 36.7 Å². The minimum absolute atomic E-state index is 0.00630. The maximum Gasteiger partial charge on any atom is 0.275 e. The first kappa shape index (κ1) is 17.5. The topological polar surface area (TPSA) is 92.7 Å². The molecule has 1 aromatic heterocycles. The monoisotopic (exact) mass is 350 g/mol. The molecule has 0 unspecified atom stereocenters. The Morgan fingerprint density at radius 1 is 1.42 bits per heavy atom. The first-order valence-corrected chi connectivity index (χ1v) is 7.82. The number of hydrogen-bond donors (Lipinski definition) is 2. The van der Waals surface area contributed by atoms with E-state index in [0.717, 1.165) is 16.9 Å². The molecule has 0 fully saturated rings. The van der Waals surface area contributed by atoms with Gasteiger partial charge in [0, 0.05) is 11.9 Å². The van der Waals surface area contributed by atoms with Crippen molar-refractivity contribution in [1.29, 1.82) is 0 Å². The number of amides is 2. The molecule has 2 rings (SSSR count). The molecule has 126 valence electrons. The van der Waals surface area contributed by atoms with E-state index in [2.05, 4.69) is 25.6 Å². The zero-order valence-corrected chi connectivity index (χ0v) is 13.6. The van der Waals surface area contributed by atoms with Crippen LogP contribution in [-0.2, 0) is 20.8 Å². The molecule has 0 aliphatic rings. The van der Waals surface area contributed by atoms with Gasteiger partial charge in [0.1, 0.15) is 18.6 Å². The lowest BCUT2D eigenvalue weighted by Gasteiger charge is -2.06. The number of nitrogens with zero attached hydrogens (tertiary/aromatic N) is 2. The summed E-state index contributed by atoms with van der Waals surface area (Å²) in [5.41, 5.74) is 1.20. The van der Waals surface area contributed by atoms with E-state index in [1.54, 1.807) is 17.5 Å². The van der Waals surface area contributed by atoms with Crippen molar-refractivity contribution in [3.05, 3.63) is 46.7 Å². The highest BCUT2D eigenvalue weighted by atomic mass is 32.1. The predicted molar refractivity (Wildman–Crippen MR) is 88.5 cm³/mol. The number of anilines is 1. The van der Waals surface area contributed by atoms with E-state index < -0.39 is 5.91 Å². The summed E-state index contributed by atoms with van der Waals surface area (Å²) in [6, 6.07) is 6.05. The van der Waals surface area contributed by atoms with Crippen molar-refractivity contribution in [3.63, 3.8) is 0 Å². The summed E-state index contributed by atoms with van der Waals surface area (Å²) in [4.78, 5) is 31.4. The van der Waals surface area contributed by atoms with E-state index in [-0.39, 0.29) is 11.5 Å². The zero-order valence-electron chi connectivity index (χ0n) is 12.8. The van der Waals surface area contributed by atoms with Crippen LogP contribution >= 0.6 is 11.3 Å². The Kier molecular flexibility index (Phi) is 6.38. The second kappa shape index (κ2) is 8.73. The molecule has 1 aromatic carbocycles. The zero-order chi connectivity index (χ0) is 17.4. The Labute approximate surface area is 141 Å². The molecule has 7 nitrogen and oxygen atoms in total. The highest BCUT2D eigenvalue weighted by molar-refractivity contribution is 7.14. The Morgan fingerprint density at radius 2 is 2.17 bits per heavy atom. The Balaban J connectivity index is 1.97. The van der Waals surface area contributed by atoms with Crippen molar-refractivity contribution in [2.45, 2.75) is 6.42 Å². The Bertz CT molecular complexity index is 731. The van der Waals surface area contributed by atoms with E-state index in [1.165, 1.54) is 19.2 Å². The number of benzene rings is 1. The SMILES string of the molecule is CO/N=C(/C(=O)NCCc1ccc(F)cc1)c1csc(NC=O)n1. The number of carbonyl (C=O) groups is 2. The van der Waals surface area contributed by atoms with Crippen LogP contribution in [0.3, 0.4) is 0 Å². The average Bonchev–Trinajstić information content (AvgIpc) is 3.03. The minimum atomic E-state index is -0.457. The number of oxime groups is 1. The van der Waals surface area contributed by atoms with Gasteiger partial charge in [-0.15, -0.1) is 11.3 Å². The smallest absolute Gasteiger partial charge is 0.275 e. The van der Waals surface area contributed by atoms with E-state index >= 15 is 0 Å². The van der Waals surface area contributed by atoms with Gasteiger partial charge in [-0.3, -0.25) is 9.59 Å². The van der Waals surface area contributed by atoms with Crippen LogP contribution in [0.1, 0.15) is 11.3 Å². The second-order valence-electron chi connectivity index (χ2n) is 4.55. The summed E-state index contributed by atoms with van der Waals surface area (Å²) >= 11 is 1.16. The minimum Gasteiger partial charge on any atom is -0.398 e. The van der Waals surface area contributed by atoms with Gasteiger partial charge in [0.2, 0.25) is 6.41 Å². The number of rotatable bonds is 8. The van der Waals surface area contributed by atoms with E-state index in [9.17, 15) is 14.0 Å². The summed E-state index contributed by atoms with van der Waals surface area (Å²) in [6.45, 7) is 0.344. The molecule has 1 heterocycles. The van der Waals surface area contributed by atoms with Crippen LogP contribution in [0.5, 0.6) is 0 Å². The van der Waals surface area contributed by atoms with Gasteiger partial charge in [-0.25, -0.2) is 9.37 Å². The molecule has 0 radical (unpaired) electrons. The van der Waals surface area contributed by atoms with Gasteiger partial charge in [0.15, 0.2) is 10.8 Å². The third-order valence-electron chi connectivity index (χ3n) is 2.94. The summed E-state index contributed by atoms with van der Waals surface area (Å²) in [6.07, 6.45) is 1.04. The largest absolute Gasteiger partial charge is 0.398 e. The predicted octanol–water partition coefficient (Wildman–Crippen LogP) is 1.56. The molecular formula is C15H15FN4O3S. The second-order valence-corrected chi connectivity index (χ2v) is 5.41. The number of nitrogens with one attached hydrogen (secondary N) is 2. The molecule has 0 aliphatic heterocycles. The Morgan fingerprint density at radius 3 is 2.83 bits per heavy atom. The molecule has 24 heavy (non-hydrogen) atoms. The molecule has 9 heteroatoms. The molecule has 2 aromatic rings. The first-order valence-electron chi connectivity index (χ1n) is 6.94. The van der Waals surface area contributed by atoms with Gasteiger partial charge in [0.05, 0.1) is 0 Å². The van der Waals surface area contributed by atoms with Crippen molar-refractivity contribution in [2.75, 3.05) is 19.0 Å². The van der Waals surface area contributed by atoms with Crippen molar-refractivity contribution in [3.8, 4) is 0 Å². The van der Waals surface area contributed by atoms with Gasteiger partial charge in [-0.2, -0.15) is 0 Å².